The number of aryl methyl sites for hydroxylation is 5. The zero-order valence-corrected chi connectivity index (χ0v) is 14.3. The Morgan fingerprint density at radius 3 is 1.65 bits per heavy atom. The van der Waals surface area contributed by atoms with Crippen LogP contribution in [0.1, 0.15) is 27.8 Å². The molecule has 0 radical (unpaired) electrons. The number of rotatable bonds is 4. The lowest BCUT2D eigenvalue weighted by Crippen LogP contribution is -1.92. The van der Waals surface area contributed by atoms with Gasteiger partial charge in [0.15, 0.2) is 0 Å². The molecule has 116 valence electrons. The predicted molar refractivity (Wildman–Crippen MR) is 99.9 cm³/mol. The minimum absolute atomic E-state index is 1.09. The summed E-state index contributed by atoms with van der Waals surface area (Å²) in [6.07, 6.45) is 2.19. The zero-order chi connectivity index (χ0) is 16.2. The smallest absolute Gasteiger partial charge is 0.0155 e. The first kappa shape index (κ1) is 15.6. The first-order valence-electron chi connectivity index (χ1n) is 8.34. The van der Waals surface area contributed by atoms with Crippen LogP contribution in [-0.4, -0.2) is 0 Å². The van der Waals surface area contributed by atoms with Gasteiger partial charge in [0.05, 0.1) is 0 Å². The maximum atomic E-state index is 2.27. The third kappa shape index (κ3) is 3.90. The summed E-state index contributed by atoms with van der Waals surface area (Å²) in [5.41, 5.74) is 9.44. The molecule has 3 rings (SSSR count). The summed E-state index contributed by atoms with van der Waals surface area (Å²) in [4.78, 5) is 0. The molecule has 0 saturated heterocycles. The van der Waals surface area contributed by atoms with Crippen molar-refractivity contribution in [3.05, 3.63) is 94.5 Å². The second kappa shape index (κ2) is 6.83. The molecule has 0 aliphatic heterocycles. The Morgan fingerprint density at radius 2 is 1.09 bits per heavy atom. The second-order valence-corrected chi connectivity index (χ2v) is 6.50. The quantitative estimate of drug-likeness (QED) is 0.549. The molecule has 0 N–H and O–H groups in total. The minimum atomic E-state index is 1.09. The SMILES string of the molecule is Cc1ccc(CCc2ccc(-c3ccc(C)cc3C)cc2)cc1. The Kier molecular flexibility index (Phi) is 4.62. The lowest BCUT2D eigenvalue weighted by Gasteiger charge is -2.09. The van der Waals surface area contributed by atoms with Crippen molar-refractivity contribution in [2.24, 2.45) is 0 Å². The fraction of sp³-hybridized carbons (Fsp3) is 0.217. The van der Waals surface area contributed by atoms with Crippen LogP contribution >= 0.6 is 0 Å². The first-order valence-corrected chi connectivity index (χ1v) is 8.34. The summed E-state index contributed by atoms with van der Waals surface area (Å²) in [7, 11) is 0. The molecule has 0 aliphatic carbocycles. The van der Waals surface area contributed by atoms with Crippen molar-refractivity contribution < 1.29 is 0 Å². The van der Waals surface area contributed by atoms with Crippen LogP contribution in [0.4, 0.5) is 0 Å². The standard InChI is InChI=1S/C23H24/c1-17-4-7-20(8-5-17)9-10-21-11-13-22(14-12-21)23-15-6-18(2)16-19(23)3/h4-8,11-16H,9-10H2,1-3H3. The van der Waals surface area contributed by atoms with Crippen LogP contribution in [0.3, 0.4) is 0 Å². The fourth-order valence-corrected chi connectivity index (χ4v) is 3.03. The van der Waals surface area contributed by atoms with Crippen LogP contribution in [0, 0.1) is 20.8 Å². The van der Waals surface area contributed by atoms with Gasteiger partial charge in [-0.2, -0.15) is 0 Å². The first-order chi connectivity index (χ1) is 11.1. The summed E-state index contributed by atoms with van der Waals surface area (Å²) in [5.74, 6) is 0. The van der Waals surface area contributed by atoms with Crippen LogP contribution in [0.5, 0.6) is 0 Å². The van der Waals surface area contributed by atoms with Crippen LogP contribution in [0.25, 0.3) is 11.1 Å². The van der Waals surface area contributed by atoms with E-state index < -0.39 is 0 Å². The van der Waals surface area contributed by atoms with Gasteiger partial charge < -0.3 is 0 Å². The van der Waals surface area contributed by atoms with Gasteiger partial charge in [0.25, 0.3) is 0 Å². The third-order valence-electron chi connectivity index (χ3n) is 4.47. The van der Waals surface area contributed by atoms with E-state index in [1.165, 1.54) is 38.9 Å². The highest BCUT2D eigenvalue weighted by Gasteiger charge is 2.03. The number of hydrogen-bond donors (Lipinski definition) is 0. The summed E-state index contributed by atoms with van der Waals surface area (Å²) in [5, 5.41) is 0. The Morgan fingerprint density at radius 1 is 0.565 bits per heavy atom. The van der Waals surface area contributed by atoms with E-state index in [1.54, 1.807) is 0 Å². The Balaban J connectivity index is 1.70. The van der Waals surface area contributed by atoms with Gasteiger partial charge in [-0.05, 0) is 61.4 Å². The highest BCUT2D eigenvalue weighted by atomic mass is 14.1. The normalized spacial score (nSPS) is 10.7. The van der Waals surface area contributed by atoms with Crippen molar-refractivity contribution in [2.75, 3.05) is 0 Å². The molecule has 0 nitrogen and oxygen atoms in total. The molecule has 3 aromatic carbocycles. The van der Waals surface area contributed by atoms with Gasteiger partial charge in [0.1, 0.15) is 0 Å². The Hall–Kier alpha value is -2.34. The van der Waals surface area contributed by atoms with Crippen molar-refractivity contribution >= 4 is 0 Å². The second-order valence-electron chi connectivity index (χ2n) is 6.50. The molecule has 0 aromatic heterocycles. The molecule has 0 heteroatoms. The van der Waals surface area contributed by atoms with E-state index in [-0.39, 0.29) is 0 Å². The molecule has 0 saturated carbocycles. The van der Waals surface area contributed by atoms with Gasteiger partial charge in [-0.15, -0.1) is 0 Å². The Labute approximate surface area is 139 Å². The van der Waals surface area contributed by atoms with E-state index in [9.17, 15) is 0 Å². The van der Waals surface area contributed by atoms with Gasteiger partial charge in [-0.25, -0.2) is 0 Å². The van der Waals surface area contributed by atoms with E-state index in [0.717, 1.165) is 12.8 Å². The van der Waals surface area contributed by atoms with Crippen LogP contribution in [0.15, 0.2) is 66.7 Å². The number of benzene rings is 3. The third-order valence-corrected chi connectivity index (χ3v) is 4.47. The molecule has 0 bridgehead atoms. The molecule has 3 aromatic rings. The van der Waals surface area contributed by atoms with Crippen molar-refractivity contribution in [2.45, 2.75) is 33.6 Å². The summed E-state index contributed by atoms with van der Waals surface area (Å²) in [6, 6.07) is 24.6. The lowest BCUT2D eigenvalue weighted by molar-refractivity contribution is 0.959. The predicted octanol–water partition coefficient (Wildman–Crippen LogP) is 6.06. The van der Waals surface area contributed by atoms with Crippen LogP contribution in [-0.2, 0) is 12.8 Å². The molecule has 0 fully saturated rings. The highest BCUT2D eigenvalue weighted by Crippen LogP contribution is 2.24. The highest BCUT2D eigenvalue weighted by molar-refractivity contribution is 5.67. The molecule has 23 heavy (non-hydrogen) atoms. The summed E-state index contributed by atoms with van der Waals surface area (Å²) < 4.78 is 0. The van der Waals surface area contributed by atoms with Crippen molar-refractivity contribution in [1.82, 2.24) is 0 Å². The molecular formula is C23H24. The van der Waals surface area contributed by atoms with E-state index in [4.69, 9.17) is 0 Å². The monoisotopic (exact) mass is 300 g/mol. The maximum Gasteiger partial charge on any atom is -0.0155 e. The van der Waals surface area contributed by atoms with E-state index >= 15 is 0 Å². The lowest BCUT2D eigenvalue weighted by atomic mass is 9.96. The molecule has 0 amide bonds. The van der Waals surface area contributed by atoms with Crippen molar-refractivity contribution in [1.29, 1.82) is 0 Å². The van der Waals surface area contributed by atoms with Gasteiger partial charge in [0, 0.05) is 0 Å². The van der Waals surface area contributed by atoms with E-state index in [0.29, 0.717) is 0 Å². The summed E-state index contributed by atoms with van der Waals surface area (Å²) in [6.45, 7) is 6.47. The summed E-state index contributed by atoms with van der Waals surface area (Å²) >= 11 is 0. The van der Waals surface area contributed by atoms with Crippen LogP contribution in [0.2, 0.25) is 0 Å². The van der Waals surface area contributed by atoms with Crippen molar-refractivity contribution in [3.8, 4) is 11.1 Å². The minimum Gasteiger partial charge on any atom is -0.0591 e. The van der Waals surface area contributed by atoms with Gasteiger partial charge in [0.2, 0.25) is 0 Å². The van der Waals surface area contributed by atoms with E-state index in [2.05, 4.69) is 87.5 Å². The molecule has 0 heterocycles. The van der Waals surface area contributed by atoms with Crippen LogP contribution < -0.4 is 0 Å². The fourth-order valence-electron chi connectivity index (χ4n) is 3.03. The maximum absolute atomic E-state index is 2.27. The van der Waals surface area contributed by atoms with Gasteiger partial charge >= 0.3 is 0 Å². The molecule has 0 atom stereocenters. The van der Waals surface area contributed by atoms with Gasteiger partial charge in [-0.3, -0.25) is 0 Å². The average Bonchev–Trinajstić information content (AvgIpc) is 2.55. The topological polar surface area (TPSA) is 0 Å². The van der Waals surface area contributed by atoms with Gasteiger partial charge in [-0.1, -0.05) is 77.9 Å². The largest absolute Gasteiger partial charge is 0.0591 e. The molecule has 0 unspecified atom stereocenters. The van der Waals surface area contributed by atoms with E-state index in [1.807, 2.05) is 0 Å². The Bertz CT molecular complexity index is 777. The average molecular weight is 300 g/mol. The zero-order valence-electron chi connectivity index (χ0n) is 14.3. The molecular weight excluding hydrogens is 276 g/mol. The molecule has 0 aliphatic rings. The number of hydrogen-bond acceptors (Lipinski definition) is 0. The van der Waals surface area contributed by atoms with Crippen molar-refractivity contribution in [3.63, 3.8) is 0 Å². The molecule has 0 spiro atoms.